The van der Waals surface area contributed by atoms with Gasteiger partial charge < -0.3 is 20.1 Å². The molecular formula is C11H24N2O3. The number of ether oxygens (including phenoxy) is 2. The largest absolute Gasteiger partial charge is 0.385 e. The minimum absolute atomic E-state index is 0.0347. The molecule has 0 rings (SSSR count). The highest BCUT2D eigenvalue weighted by atomic mass is 16.5. The van der Waals surface area contributed by atoms with E-state index in [2.05, 4.69) is 10.6 Å². The normalized spacial score (nSPS) is 10.4. The molecule has 0 aromatic rings. The van der Waals surface area contributed by atoms with Gasteiger partial charge in [0.15, 0.2) is 0 Å². The number of hydrogen-bond donors (Lipinski definition) is 2. The first kappa shape index (κ1) is 15.3. The number of carbonyl (C=O) groups excluding carboxylic acids is 1. The van der Waals surface area contributed by atoms with Gasteiger partial charge in [0, 0.05) is 33.5 Å². The van der Waals surface area contributed by atoms with Crippen LogP contribution in [0.5, 0.6) is 0 Å². The van der Waals surface area contributed by atoms with Crippen LogP contribution >= 0.6 is 0 Å². The Hall–Kier alpha value is -0.650. The Labute approximate surface area is 97.9 Å². The second-order valence-electron chi connectivity index (χ2n) is 3.42. The number of methoxy groups -OCH3 is 1. The molecule has 0 unspecified atom stereocenters. The van der Waals surface area contributed by atoms with Crippen molar-refractivity contribution in [2.45, 2.75) is 19.8 Å². The van der Waals surface area contributed by atoms with Gasteiger partial charge in [-0.1, -0.05) is 0 Å². The number of carbonyl (C=O) groups is 1. The van der Waals surface area contributed by atoms with Gasteiger partial charge in [0.25, 0.3) is 0 Å². The summed E-state index contributed by atoms with van der Waals surface area (Å²) >= 11 is 0. The van der Waals surface area contributed by atoms with Gasteiger partial charge in [-0.3, -0.25) is 4.79 Å². The van der Waals surface area contributed by atoms with Crippen molar-refractivity contribution in [3.8, 4) is 0 Å². The number of rotatable bonds is 11. The van der Waals surface area contributed by atoms with Crippen molar-refractivity contribution in [1.82, 2.24) is 10.6 Å². The first-order valence-corrected chi connectivity index (χ1v) is 5.85. The van der Waals surface area contributed by atoms with Crippen molar-refractivity contribution < 1.29 is 14.3 Å². The zero-order valence-electron chi connectivity index (χ0n) is 10.4. The summed E-state index contributed by atoms with van der Waals surface area (Å²) in [5.41, 5.74) is 0. The molecule has 0 heterocycles. The number of nitrogens with one attached hydrogen (secondary N) is 2. The fourth-order valence-corrected chi connectivity index (χ4v) is 1.15. The number of hydrogen-bond acceptors (Lipinski definition) is 4. The molecule has 0 aliphatic rings. The van der Waals surface area contributed by atoms with E-state index in [4.69, 9.17) is 9.47 Å². The zero-order valence-corrected chi connectivity index (χ0v) is 10.4. The Morgan fingerprint density at radius 3 is 2.62 bits per heavy atom. The molecule has 96 valence electrons. The van der Waals surface area contributed by atoms with Gasteiger partial charge in [0.2, 0.25) is 5.91 Å². The smallest absolute Gasteiger partial charge is 0.233 e. The van der Waals surface area contributed by atoms with Crippen LogP contribution in [0.1, 0.15) is 19.8 Å². The van der Waals surface area contributed by atoms with E-state index in [1.54, 1.807) is 7.11 Å². The van der Waals surface area contributed by atoms with Gasteiger partial charge in [0.05, 0.1) is 6.54 Å². The van der Waals surface area contributed by atoms with E-state index in [1.807, 2.05) is 6.92 Å². The van der Waals surface area contributed by atoms with E-state index >= 15 is 0 Å². The first-order valence-electron chi connectivity index (χ1n) is 5.85. The minimum Gasteiger partial charge on any atom is -0.385 e. The maximum Gasteiger partial charge on any atom is 0.233 e. The summed E-state index contributed by atoms with van der Waals surface area (Å²) in [6, 6.07) is 0. The summed E-state index contributed by atoms with van der Waals surface area (Å²) in [5, 5.41) is 5.87. The molecule has 0 saturated heterocycles. The van der Waals surface area contributed by atoms with Crippen LogP contribution in [-0.4, -0.2) is 52.5 Å². The monoisotopic (exact) mass is 232 g/mol. The second-order valence-corrected chi connectivity index (χ2v) is 3.42. The van der Waals surface area contributed by atoms with E-state index in [0.717, 1.165) is 32.6 Å². The molecule has 0 aliphatic heterocycles. The van der Waals surface area contributed by atoms with Crippen LogP contribution in [0.2, 0.25) is 0 Å². The molecule has 2 N–H and O–H groups in total. The lowest BCUT2D eigenvalue weighted by Crippen LogP contribution is -2.35. The molecule has 16 heavy (non-hydrogen) atoms. The van der Waals surface area contributed by atoms with Crippen LogP contribution in [0.15, 0.2) is 0 Å². The SMILES string of the molecule is CCOCCCNCC(=O)NCCCOC. The molecule has 0 atom stereocenters. The van der Waals surface area contributed by atoms with E-state index in [-0.39, 0.29) is 5.91 Å². The van der Waals surface area contributed by atoms with Crippen molar-refractivity contribution in [3.63, 3.8) is 0 Å². The quantitative estimate of drug-likeness (QED) is 0.498. The lowest BCUT2D eigenvalue weighted by Gasteiger charge is -2.06. The molecule has 1 amide bonds. The average Bonchev–Trinajstić information content (AvgIpc) is 2.29. The van der Waals surface area contributed by atoms with Crippen molar-refractivity contribution in [2.24, 2.45) is 0 Å². The molecule has 5 nitrogen and oxygen atoms in total. The Kier molecular flexibility index (Phi) is 11.9. The van der Waals surface area contributed by atoms with E-state index in [1.165, 1.54) is 0 Å². The fourth-order valence-electron chi connectivity index (χ4n) is 1.15. The highest BCUT2D eigenvalue weighted by Crippen LogP contribution is 1.80. The second kappa shape index (κ2) is 12.4. The Morgan fingerprint density at radius 2 is 1.94 bits per heavy atom. The van der Waals surface area contributed by atoms with E-state index in [0.29, 0.717) is 19.7 Å². The maximum absolute atomic E-state index is 11.2. The highest BCUT2D eigenvalue weighted by molar-refractivity contribution is 5.77. The molecule has 0 saturated carbocycles. The van der Waals surface area contributed by atoms with Crippen LogP contribution < -0.4 is 10.6 Å². The van der Waals surface area contributed by atoms with E-state index < -0.39 is 0 Å². The third-order valence-electron chi connectivity index (χ3n) is 1.98. The molecule has 0 aromatic carbocycles. The molecule has 0 bridgehead atoms. The third-order valence-corrected chi connectivity index (χ3v) is 1.98. The first-order chi connectivity index (χ1) is 7.81. The van der Waals surface area contributed by atoms with Gasteiger partial charge in [-0.25, -0.2) is 0 Å². The van der Waals surface area contributed by atoms with Gasteiger partial charge in [-0.05, 0) is 26.3 Å². The predicted molar refractivity (Wildman–Crippen MR) is 63.5 cm³/mol. The van der Waals surface area contributed by atoms with Crippen LogP contribution in [-0.2, 0) is 14.3 Å². The highest BCUT2D eigenvalue weighted by Gasteiger charge is 1.98. The number of amides is 1. The lowest BCUT2D eigenvalue weighted by molar-refractivity contribution is -0.120. The van der Waals surface area contributed by atoms with Crippen molar-refractivity contribution in [3.05, 3.63) is 0 Å². The van der Waals surface area contributed by atoms with Crippen molar-refractivity contribution in [2.75, 3.05) is 46.6 Å². The standard InChI is InChI=1S/C11H24N2O3/c1-3-16-9-4-6-12-10-11(14)13-7-5-8-15-2/h12H,3-10H2,1-2H3,(H,13,14). The average molecular weight is 232 g/mol. The van der Waals surface area contributed by atoms with Gasteiger partial charge in [-0.2, -0.15) is 0 Å². The topological polar surface area (TPSA) is 59.6 Å². The van der Waals surface area contributed by atoms with Gasteiger partial charge in [-0.15, -0.1) is 0 Å². The molecular weight excluding hydrogens is 208 g/mol. The summed E-state index contributed by atoms with van der Waals surface area (Å²) in [4.78, 5) is 11.2. The summed E-state index contributed by atoms with van der Waals surface area (Å²) in [6.45, 7) is 6.01. The molecule has 5 heteroatoms. The van der Waals surface area contributed by atoms with Gasteiger partial charge in [0.1, 0.15) is 0 Å². The Balaban J connectivity index is 3.11. The Morgan fingerprint density at radius 1 is 1.19 bits per heavy atom. The zero-order chi connectivity index (χ0) is 12.1. The summed E-state index contributed by atoms with van der Waals surface area (Å²) in [7, 11) is 1.65. The molecule has 0 radical (unpaired) electrons. The maximum atomic E-state index is 11.2. The predicted octanol–water partition coefficient (Wildman–Crippen LogP) is 0.155. The van der Waals surface area contributed by atoms with E-state index in [9.17, 15) is 4.79 Å². The van der Waals surface area contributed by atoms with Crippen LogP contribution in [0.3, 0.4) is 0 Å². The van der Waals surface area contributed by atoms with Crippen molar-refractivity contribution in [1.29, 1.82) is 0 Å². The molecule has 0 fully saturated rings. The van der Waals surface area contributed by atoms with Crippen LogP contribution in [0.25, 0.3) is 0 Å². The van der Waals surface area contributed by atoms with Crippen LogP contribution in [0.4, 0.5) is 0 Å². The van der Waals surface area contributed by atoms with Crippen molar-refractivity contribution >= 4 is 5.91 Å². The fraction of sp³-hybridized carbons (Fsp3) is 0.909. The van der Waals surface area contributed by atoms with Gasteiger partial charge >= 0.3 is 0 Å². The lowest BCUT2D eigenvalue weighted by atomic mass is 10.4. The minimum atomic E-state index is 0.0347. The summed E-state index contributed by atoms with van der Waals surface area (Å²) in [5.74, 6) is 0.0347. The third kappa shape index (κ3) is 11.4. The van der Waals surface area contributed by atoms with Crippen LogP contribution in [0, 0.1) is 0 Å². The Bertz CT molecular complexity index is 165. The summed E-state index contributed by atoms with van der Waals surface area (Å²) in [6.07, 6.45) is 1.79. The summed E-state index contributed by atoms with van der Waals surface area (Å²) < 4.78 is 10.1. The molecule has 0 spiro atoms. The molecule has 0 aliphatic carbocycles. The molecule has 0 aromatic heterocycles.